The van der Waals surface area contributed by atoms with Crippen molar-refractivity contribution in [3.63, 3.8) is 0 Å². The first-order chi connectivity index (χ1) is 11.3. The number of aromatic nitrogens is 1. The molecule has 0 atom stereocenters. The molecule has 0 N–H and O–H groups in total. The maximum Gasteiger partial charge on any atom is 0.298 e. The number of rotatable bonds is 7. The fourth-order valence-corrected chi connectivity index (χ4v) is 4.25. The van der Waals surface area contributed by atoms with Crippen LogP contribution in [0.3, 0.4) is 0 Å². The van der Waals surface area contributed by atoms with Crippen LogP contribution in [-0.4, -0.2) is 20.2 Å². The van der Waals surface area contributed by atoms with Crippen molar-refractivity contribution in [1.29, 1.82) is 0 Å². The molecule has 23 heavy (non-hydrogen) atoms. The number of nitrogens with zero attached hydrogens (tertiary/aromatic N) is 1. The van der Waals surface area contributed by atoms with Crippen LogP contribution in [0.1, 0.15) is 30.7 Å². The molecule has 0 unspecified atom stereocenters. The predicted octanol–water partition coefficient (Wildman–Crippen LogP) is 3.57. The lowest BCUT2D eigenvalue weighted by atomic mass is 10.1. The normalized spacial score (nSPS) is 15.7. The smallest absolute Gasteiger partial charge is 0.298 e. The van der Waals surface area contributed by atoms with E-state index in [1.54, 1.807) is 18.4 Å². The van der Waals surface area contributed by atoms with Crippen LogP contribution in [-0.2, 0) is 16.1 Å². The van der Waals surface area contributed by atoms with Crippen molar-refractivity contribution in [1.82, 2.24) is 0 Å². The Morgan fingerprint density at radius 2 is 2.17 bits per heavy atom. The van der Waals surface area contributed by atoms with Crippen molar-refractivity contribution >= 4 is 34.1 Å². The molecule has 1 saturated carbocycles. The molecule has 1 aliphatic rings. The van der Waals surface area contributed by atoms with Crippen LogP contribution >= 0.6 is 11.3 Å². The minimum Gasteiger partial charge on any atom is -0.429 e. The molecule has 0 spiro atoms. The molecule has 0 amide bonds. The molecule has 0 radical (unpaired) electrons. The molecule has 1 aromatic carbocycles. The maximum atomic E-state index is 10.5. The minimum atomic E-state index is 0.467. The maximum absolute atomic E-state index is 10.5. The van der Waals surface area contributed by atoms with Gasteiger partial charge in [-0.1, -0.05) is 30.3 Å². The van der Waals surface area contributed by atoms with Gasteiger partial charge in [0, 0.05) is 25.3 Å². The van der Waals surface area contributed by atoms with Gasteiger partial charge >= 0.3 is 0 Å². The van der Waals surface area contributed by atoms with Crippen molar-refractivity contribution in [3.8, 4) is 5.75 Å². The van der Waals surface area contributed by atoms with E-state index in [0.29, 0.717) is 24.7 Å². The van der Waals surface area contributed by atoms with E-state index >= 15 is 0 Å². The van der Waals surface area contributed by atoms with Crippen molar-refractivity contribution in [2.24, 2.45) is 5.92 Å². The van der Waals surface area contributed by atoms with Gasteiger partial charge in [-0.15, -0.1) is 0 Å². The molecular formula is C18H22NO3S+. The lowest BCUT2D eigenvalue weighted by Gasteiger charge is -2.00. The Kier molecular flexibility index (Phi) is 5.41. The van der Waals surface area contributed by atoms with Gasteiger partial charge in [-0.3, -0.25) is 4.79 Å². The number of hydrogen-bond acceptors (Lipinski definition) is 4. The van der Waals surface area contributed by atoms with Crippen LogP contribution in [0.25, 0.3) is 16.3 Å². The number of allylic oxidation sites excluding steroid dienone is 1. The summed E-state index contributed by atoms with van der Waals surface area (Å²) in [4.78, 5) is 10.5. The van der Waals surface area contributed by atoms with E-state index in [1.807, 2.05) is 18.2 Å². The van der Waals surface area contributed by atoms with Gasteiger partial charge in [0.05, 0.1) is 0 Å². The lowest BCUT2D eigenvalue weighted by molar-refractivity contribution is -0.670. The van der Waals surface area contributed by atoms with Gasteiger partial charge in [-0.25, -0.2) is 0 Å². The Morgan fingerprint density at radius 1 is 1.35 bits per heavy atom. The molecule has 1 heterocycles. The highest BCUT2D eigenvalue weighted by atomic mass is 32.1. The summed E-state index contributed by atoms with van der Waals surface area (Å²) in [6.45, 7) is 1.96. The third kappa shape index (κ3) is 3.79. The Labute approximate surface area is 140 Å². The summed E-state index contributed by atoms with van der Waals surface area (Å²) in [5.74, 6) is 1.30. The zero-order valence-electron chi connectivity index (χ0n) is 13.4. The molecule has 5 heteroatoms. The van der Waals surface area contributed by atoms with Crippen LogP contribution < -0.4 is 9.30 Å². The van der Waals surface area contributed by atoms with E-state index in [1.165, 1.54) is 30.7 Å². The number of fused-ring (bicyclic) bond motifs is 1. The molecular weight excluding hydrogens is 310 g/mol. The zero-order chi connectivity index (χ0) is 16.1. The minimum absolute atomic E-state index is 0.467. The molecule has 3 rings (SSSR count). The van der Waals surface area contributed by atoms with E-state index in [9.17, 15) is 4.79 Å². The number of carbonyl (C=O) groups excluding carboxylic acids is 1. The summed E-state index contributed by atoms with van der Waals surface area (Å²) in [5, 5.41) is 1.22. The zero-order valence-corrected chi connectivity index (χ0v) is 14.2. The lowest BCUT2D eigenvalue weighted by Crippen LogP contribution is -2.37. The standard InChI is InChI=1S/C18H22NO3S/c1-21-11-10-19-16-8-7-15(22-13-20)12-17(16)23-18(19)9-6-14-4-2-3-5-14/h6-9,12-14H,2-5,10-11H2,1H3/q+1. The Hall–Kier alpha value is -1.72. The Balaban J connectivity index is 1.94. The van der Waals surface area contributed by atoms with Gasteiger partial charge in [0.1, 0.15) is 17.1 Å². The number of methoxy groups -OCH3 is 1. The molecule has 2 aromatic rings. The molecule has 122 valence electrons. The highest BCUT2D eigenvalue weighted by molar-refractivity contribution is 7.18. The first-order valence-electron chi connectivity index (χ1n) is 8.05. The van der Waals surface area contributed by atoms with Gasteiger partial charge in [-0.05, 0) is 24.8 Å². The predicted molar refractivity (Wildman–Crippen MR) is 91.6 cm³/mol. The van der Waals surface area contributed by atoms with E-state index in [4.69, 9.17) is 9.47 Å². The molecule has 4 nitrogen and oxygen atoms in total. The van der Waals surface area contributed by atoms with E-state index in [0.717, 1.165) is 16.8 Å². The van der Waals surface area contributed by atoms with Gasteiger partial charge < -0.3 is 9.47 Å². The number of thiazole rings is 1. The summed E-state index contributed by atoms with van der Waals surface area (Å²) >= 11 is 1.72. The topological polar surface area (TPSA) is 39.4 Å². The molecule has 1 aromatic heterocycles. The largest absolute Gasteiger partial charge is 0.429 e. The van der Waals surface area contributed by atoms with Crippen LogP contribution in [0.2, 0.25) is 0 Å². The van der Waals surface area contributed by atoms with Crippen molar-refractivity contribution < 1.29 is 18.8 Å². The molecule has 0 saturated heterocycles. The quantitative estimate of drug-likeness (QED) is 0.575. The summed E-state index contributed by atoms with van der Waals surface area (Å²) in [6.07, 6.45) is 9.89. The number of benzene rings is 1. The summed E-state index contributed by atoms with van der Waals surface area (Å²) < 4.78 is 13.6. The summed E-state index contributed by atoms with van der Waals surface area (Å²) in [7, 11) is 1.72. The second-order valence-electron chi connectivity index (χ2n) is 5.83. The first kappa shape index (κ1) is 16.1. The van der Waals surface area contributed by atoms with Crippen LogP contribution in [0.4, 0.5) is 0 Å². The van der Waals surface area contributed by atoms with Gasteiger partial charge in [0.15, 0.2) is 6.54 Å². The summed E-state index contributed by atoms with van der Waals surface area (Å²) in [5.41, 5.74) is 1.15. The highest BCUT2D eigenvalue weighted by Crippen LogP contribution is 2.29. The second kappa shape index (κ2) is 7.70. The first-order valence-corrected chi connectivity index (χ1v) is 8.87. The number of carbonyl (C=O) groups is 1. The molecule has 1 fully saturated rings. The van der Waals surface area contributed by atoms with Crippen LogP contribution in [0.5, 0.6) is 5.75 Å². The van der Waals surface area contributed by atoms with E-state index < -0.39 is 0 Å². The number of ether oxygens (including phenoxy) is 2. The van der Waals surface area contributed by atoms with Crippen LogP contribution in [0.15, 0.2) is 24.3 Å². The molecule has 0 bridgehead atoms. The Bertz CT molecular complexity index is 702. The fourth-order valence-electron chi connectivity index (χ4n) is 3.12. The summed E-state index contributed by atoms with van der Waals surface area (Å²) in [6, 6.07) is 5.76. The molecule has 1 aliphatic carbocycles. The van der Waals surface area contributed by atoms with Gasteiger partial charge in [0.2, 0.25) is 5.52 Å². The Morgan fingerprint density at radius 3 is 2.91 bits per heavy atom. The third-order valence-electron chi connectivity index (χ3n) is 4.32. The monoisotopic (exact) mass is 332 g/mol. The second-order valence-corrected chi connectivity index (χ2v) is 6.89. The van der Waals surface area contributed by atoms with Gasteiger partial charge in [-0.2, -0.15) is 4.57 Å². The van der Waals surface area contributed by atoms with Crippen molar-refractivity contribution in [2.75, 3.05) is 13.7 Å². The van der Waals surface area contributed by atoms with E-state index in [2.05, 4.69) is 16.7 Å². The fraction of sp³-hybridized carbons (Fsp3) is 0.444. The third-order valence-corrected chi connectivity index (χ3v) is 5.43. The molecule has 0 aliphatic heterocycles. The van der Waals surface area contributed by atoms with Crippen LogP contribution in [0, 0.1) is 5.92 Å². The van der Waals surface area contributed by atoms with Crippen molar-refractivity contribution in [2.45, 2.75) is 32.2 Å². The average Bonchev–Trinajstić information content (AvgIpc) is 3.18. The SMILES string of the molecule is COCC[n+]1c(C=CC2CCCC2)sc2cc(OC=O)ccc21. The van der Waals surface area contributed by atoms with E-state index in [-0.39, 0.29) is 0 Å². The average molecular weight is 332 g/mol. The number of hydrogen-bond donors (Lipinski definition) is 0. The highest BCUT2D eigenvalue weighted by Gasteiger charge is 2.20. The van der Waals surface area contributed by atoms with Crippen molar-refractivity contribution in [3.05, 3.63) is 29.3 Å². The van der Waals surface area contributed by atoms with Gasteiger partial charge in [0.25, 0.3) is 11.5 Å².